The SMILES string of the molecule is CCCN(CCC)c1cc2c(cc1O)[C@@]13CCCC[C@H]1[C@@H](C2)NCC3. The van der Waals surface area contributed by atoms with Crippen LogP contribution in [-0.4, -0.2) is 30.8 Å². The minimum absolute atomic E-state index is 0.331. The predicted octanol–water partition coefficient (Wildman–Crippen LogP) is 4.36. The average Bonchev–Trinajstić information content (AvgIpc) is 2.62. The number of phenolic OH excluding ortho intramolecular Hbond substituents is 1. The molecule has 1 aliphatic heterocycles. The third-order valence-electron chi connectivity index (χ3n) is 7.07. The Hall–Kier alpha value is -1.22. The van der Waals surface area contributed by atoms with E-state index in [1.54, 1.807) is 0 Å². The zero-order valence-corrected chi connectivity index (χ0v) is 16.0. The molecule has 0 amide bonds. The average molecular weight is 343 g/mol. The molecule has 3 aliphatic rings. The van der Waals surface area contributed by atoms with Crippen molar-refractivity contribution in [2.75, 3.05) is 24.5 Å². The second-order valence-electron chi connectivity index (χ2n) is 8.51. The van der Waals surface area contributed by atoms with E-state index < -0.39 is 0 Å². The van der Waals surface area contributed by atoms with Gasteiger partial charge < -0.3 is 15.3 Å². The summed E-state index contributed by atoms with van der Waals surface area (Å²) in [6, 6.07) is 5.15. The van der Waals surface area contributed by atoms with Gasteiger partial charge in [-0.25, -0.2) is 0 Å². The maximum absolute atomic E-state index is 10.9. The standard InChI is InChI=1S/C22H34N2O/c1-3-11-24(12-4-2)20-14-16-13-19-17-7-5-6-8-22(17,9-10-23-19)18(16)15-21(20)25/h14-15,17,19,23,25H,3-13H2,1-2H3/t17-,19+,22+/m0/s1. The molecule has 0 spiro atoms. The Morgan fingerprint density at radius 1 is 1.16 bits per heavy atom. The maximum Gasteiger partial charge on any atom is 0.139 e. The molecule has 2 N–H and O–H groups in total. The Balaban J connectivity index is 1.77. The molecule has 3 nitrogen and oxygen atoms in total. The number of fused-ring (bicyclic) bond motifs is 1. The lowest BCUT2D eigenvalue weighted by atomic mass is 9.53. The molecule has 1 aromatic rings. The molecule has 0 unspecified atom stereocenters. The summed E-state index contributed by atoms with van der Waals surface area (Å²) in [5.74, 6) is 1.28. The minimum atomic E-state index is 0.331. The Morgan fingerprint density at radius 2 is 1.96 bits per heavy atom. The van der Waals surface area contributed by atoms with Crippen molar-refractivity contribution in [2.45, 2.75) is 76.7 Å². The van der Waals surface area contributed by atoms with Gasteiger partial charge in [0.15, 0.2) is 0 Å². The third kappa shape index (κ3) is 2.75. The summed E-state index contributed by atoms with van der Waals surface area (Å²) < 4.78 is 0. The smallest absolute Gasteiger partial charge is 0.139 e. The van der Waals surface area contributed by atoms with Crippen molar-refractivity contribution in [1.29, 1.82) is 0 Å². The molecular formula is C22H34N2O. The number of aromatic hydroxyl groups is 1. The van der Waals surface area contributed by atoms with Gasteiger partial charge in [0.1, 0.15) is 5.75 Å². The first kappa shape index (κ1) is 17.2. The first-order valence-corrected chi connectivity index (χ1v) is 10.5. The van der Waals surface area contributed by atoms with Crippen LogP contribution in [0, 0.1) is 5.92 Å². The van der Waals surface area contributed by atoms with Gasteiger partial charge in [-0.15, -0.1) is 0 Å². The summed E-state index contributed by atoms with van der Waals surface area (Å²) in [6.07, 6.45) is 10.0. The van der Waals surface area contributed by atoms with Crippen molar-refractivity contribution in [1.82, 2.24) is 5.32 Å². The highest BCUT2D eigenvalue weighted by Crippen LogP contribution is 2.55. The van der Waals surface area contributed by atoms with Gasteiger partial charge in [0.05, 0.1) is 5.69 Å². The van der Waals surface area contributed by atoms with Crippen LogP contribution in [0.4, 0.5) is 5.69 Å². The van der Waals surface area contributed by atoms with E-state index in [4.69, 9.17) is 0 Å². The Bertz CT molecular complexity index is 619. The van der Waals surface area contributed by atoms with Crippen LogP contribution in [0.2, 0.25) is 0 Å². The highest BCUT2D eigenvalue weighted by molar-refractivity contribution is 5.63. The van der Waals surface area contributed by atoms with Gasteiger partial charge in [-0.05, 0) is 74.2 Å². The quantitative estimate of drug-likeness (QED) is 0.834. The van der Waals surface area contributed by atoms with Crippen LogP contribution < -0.4 is 10.2 Å². The van der Waals surface area contributed by atoms with E-state index in [2.05, 4.69) is 36.2 Å². The van der Waals surface area contributed by atoms with E-state index in [1.165, 1.54) is 43.2 Å². The number of hydrogen-bond acceptors (Lipinski definition) is 3. The summed E-state index contributed by atoms with van der Waals surface area (Å²) in [5, 5.41) is 14.7. The van der Waals surface area contributed by atoms with Gasteiger partial charge >= 0.3 is 0 Å². The topological polar surface area (TPSA) is 35.5 Å². The molecule has 1 saturated heterocycles. The molecule has 138 valence electrons. The highest BCUT2D eigenvalue weighted by Gasteiger charge is 2.51. The van der Waals surface area contributed by atoms with Gasteiger partial charge in [0.25, 0.3) is 0 Å². The highest BCUT2D eigenvalue weighted by atomic mass is 16.3. The number of anilines is 1. The van der Waals surface area contributed by atoms with Crippen LogP contribution in [-0.2, 0) is 11.8 Å². The molecule has 1 aromatic carbocycles. The molecule has 3 heteroatoms. The number of rotatable bonds is 5. The number of benzene rings is 1. The molecular weight excluding hydrogens is 308 g/mol. The molecule has 2 bridgehead atoms. The third-order valence-corrected chi connectivity index (χ3v) is 7.07. The molecule has 4 rings (SSSR count). The van der Waals surface area contributed by atoms with Crippen molar-refractivity contribution in [3.63, 3.8) is 0 Å². The molecule has 0 aromatic heterocycles. The van der Waals surface area contributed by atoms with Gasteiger partial charge in [-0.1, -0.05) is 26.7 Å². The van der Waals surface area contributed by atoms with E-state index in [9.17, 15) is 5.11 Å². The number of nitrogens with zero attached hydrogens (tertiary/aromatic N) is 1. The van der Waals surface area contributed by atoms with Crippen molar-refractivity contribution in [3.8, 4) is 5.75 Å². The molecule has 1 saturated carbocycles. The Labute approximate surface area is 152 Å². The lowest BCUT2D eigenvalue weighted by Gasteiger charge is -2.56. The second kappa shape index (κ2) is 6.83. The Kier molecular flexibility index (Phi) is 4.70. The fraction of sp³-hybridized carbons (Fsp3) is 0.727. The Morgan fingerprint density at radius 3 is 2.72 bits per heavy atom. The fourth-order valence-electron chi connectivity index (χ4n) is 6.10. The van der Waals surface area contributed by atoms with Crippen molar-refractivity contribution in [3.05, 3.63) is 23.3 Å². The minimum Gasteiger partial charge on any atom is -0.506 e. The van der Waals surface area contributed by atoms with Gasteiger partial charge in [0.2, 0.25) is 0 Å². The van der Waals surface area contributed by atoms with Crippen molar-refractivity contribution < 1.29 is 5.11 Å². The number of hydrogen-bond donors (Lipinski definition) is 2. The van der Waals surface area contributed by atoms with Crippen LogP contribution in [0.15, 0.2) is 12.1 Å². The van der Waals surface area contributed by atoms with Crippen molar-refractivity contribution in [2.24, 2.45) is 5.92 Å². The van der Waals surface area contributed by atoms with E-state index in [1.807, 2.05) is 0 Å². The second-order valence-corrected chi connectivity index (χ2v) is 8.51. The first-order valence-electron chi connectivity index (χ1n) is 10.5. The number of nitrogens with one attached hydrogen (secondary N) is 1. The normalized spacial score (nSPS) is 30.5. The van der Waals surface area contributed by atoms with Gasteiger partial charge in [-0.2, -0.15) is 0 Å². The van der Waals surface area contributed by atoms with Gasteiger partial charge in [0, 0.05) is 24.5 Å². The van der Waals surface area contributed by atoms with E-state index in [0.29, 0.717) is 17.2 Å². The van der Waals surface area contributed by atoms with Crippen LogP contribution in [0.3, 0.4) is 0 Å². The van der Waals surface area contributed by atoms with E-state index in [0.717, 1.165) is 50.5 Å². The molecule has 0 radical (unpaired) electrons. The largest absolute Gasteiger partial charge is 0.506 e. The predicted molar refractivity (Wildman–Crippen MR) is 105 cm³/mol. The summed E-state index contributed by atoms with van der Waals surface area (Å²) in [7, 11) is 0. The molecule has 25 heavy (non-hydrogen) atoms. The van der Waals surface area contributed by atoms with Crippen LogP contribution in [0.25, 0.3) is 0 Å². The van der Waals surface area contributed by atoms with E-state index in [-0.39, 0.29) is 0 Å². The number of piperidine rings is 1. The van der Waals surface area contributed by atoms with Crippen LogP contribution >= 0.6 is 0 Å². The number of phenols is 1. The lowest BCUT2D eigenvalue weighted by molar-refractivity contribution is 0.0795. The van der Waals surface area contributed by atoms with Crippen LogP contribution in [0.1, 0.15) is 69.9 Å². The summed E-state index contributed by atoms with van der Waals surface area (Å²) in [6.45, 7) is 7.63. The van der Waals surface area contributed by atoms with Crippen molar-refractivity contribution >= 4 is 5.69 Å². The molecule has 2 aliphatic carbocycles. The fourth-order valence-corrected chi connectivity index (χ4v) is 6.10. The van der Waals surface area contributed by atoms with Gasteiger partial charge in [-0.3, -0.25) is 0 Å². The zero-order chi connectivity index (χ0) is 17.4. The lowest BCUT2D eigenvalue weighted by Crippen LogP contribution is -2.59. The zero-order valence-electron chi connectivity index (χ0n) is 16.0. The molecule has 3 atom stereocenters. The summed E-state index contributed by atoms with van der Waals surface area (Å²) >= 11 is 0. The monoisotopic (exact) mass is 342 g/mol. The first-order chi connectivity index (χ1) is 12.2. The maximum atomic E-state index is 10.9. The summed E-state index contributed by atoms with van der Waals surface area (Å²) in [4.78, 5) is 2.38. The van der Waals surface area contributed by atoms with Crippen LogP contribution in [0.5, 0.6) is 5.75 Å². The van der Waals surface area contributed by atoms with E-state index >= 15 is 0 Å². The molecule has 1 heterocycles. The molecule has 2 fully saturated rings. The summed E-state index contributed by atoms with van der Waals surface area (Å²) in [5.41, 5.74) is 4.38.